The van der Waals surface area contributed by atoms with Crippen LogP contribution in [-0.4, -0.2) is 15.1 Å². The molecule has 2 rings (SSSR count). The van der Waals surface area contributed by atoms with Crippen LogP contribution in [0.4, 0.5) is 5.69 Å². The Balaban J connectivity index is 2.79. The van der Waals surface area contributed by atoms with Gasteiger partial charge in [-0.05, 0) is 6.07 Å². The van der Waals surface area contributed by atoms with Crippen molar-refractivity contribution in [2.24, 2.45) is 0 Å². The van der Waals surface area contributed by atoms with Crippen molar-refractivity contribution in [1.29, 1.82) is 0 Å². The topological polar surface area (TPSA) is 71.8 Å². The average Bonchev–Trinajstić information content (AvgIpc) is 2.46. The fraction of sp³-hybridized carbons (Fsp3) is 0. The number of benzene rings is 1. The standard InChI is InChI=1S/C7H3Cl2N3O2/c8-4-1-3-5(10-11-7(3)9)2-6(4)12(13)14/h1-2H,(H,10,11). The van der Waals surface area contributed by atoms with Gasteiger partial charge in [0.2, 0.25) is 0 Å². The summed E-state index contributed by atoms with van der Waals surface area (Å²) in [6, 6.07) is 2.70. The Morgan fingerprint density at radius 1 is 1.43 bits per heavy atom. The molecule has 0 saturated carbocycles. The van der Waals surface area contributed by atoms with E-state index in [1.807, 2.05) is 0 Å². The molecule has 0 fully saturated rings. The van der Waals surface area contributed by atoms with E-state index in [0.717, 1.165) is 0 Å². The molecule has 0 aliphatic heterocycles. The molecule has 1 heterocycles. The van der Waals surface area contributed by atoms with Crippen LogP contribution in [0.2, 0.25) is 10.2 Å². The third-order valence-corrected chi connectivity index (χ3v) is 2.36. The van der Waals surface area contributed by atoms with Crippen LogP contribution in [0.5, 0.6) is 0 Å². The van der Waals surface area contributed by atoms with E-state index in [2.05, 4.69) is 10.2 Å². The van der Waals surface area contributed by atoms with Crippen LogP contribution in [0.25, 0.3) is 10.9 Å². The summed E-state index contributed by atoms with van der Waals surface area (Å²) in [5.41, 5.74) is 0.244. The van der Waals surface area contributed by atoms with E-state index in [4.69, 9.17) is 23.2 Å². The van der Waals surface area contributed by atoms with Gasteiger partial charge in [-0.2, -0.15) is 5.10 Å². The second kappa shape index (κ2) is 3.11. The van der Waals surface area contributed by atoms with E-state index in [1.165, 1.54) is 12.1 Å². The highest BCUT2D eigenvalue weighted by atomic mass is 35.5. The lowest BCUT2D eigenvalue weighted by Gasteiger charge is -1.94. The molecule has 0 aliphatic rings. The van der Waals surface area contributed by atoms with Gasteiger partial charge in [-0.15, -0.1) is 0 Å². The molecule has 7 heteroatoms. The minimum atomic E-state index is -0.565. The molecule has 0 amide bonds. The summed E-state index contributed by atoms with van der Waals surface area (Å²) in [5, 5.41) is 17.7. The van der Waals surface area contributed by atoms with Gasteiger partial charge >= 0.3 is 0 Å². The molecule has 0 spiro atoms. The van der Waals surface area contributed by atoms with Crippen molar-refractivity contribution < 1.29 is 4.92 Å². The molecule has 1 N–H and O–H groups in total. The largest absolute Gasteiger partial charge is 0.290 e. The molecule has 0 aliphatic carbocycles. The van der Waals surface area contributed by atoms with Crippen molar-refractivity contribution in [2.75, 3.05) is 0 Å². The zero-order valence-electron chi connectivity index (χ0n) is 6.62. The van der Waals surface area contributed by atoms with Gasteiger partial charge in [0.05, 0.1) is 4.92 Å². The number of nitrogens with zero attached hydrogens (tertiary/aromatic N) is 2. The summed E-state index contributed by atoms with van der Waals surface area (Å²) in [5.74, 6) is 0. The predicted molar refractivity (Wildman–Crippen MR) is 52.8 cm³/mol. The van der Waals surface area contributed by atoms with Gasteiger partial charge in [-0.25, -0.2) is 0 Å². The van der Waals surface area contributed by atoms with Crippen LogP contribution >= 0.6 is 23.2 Å². The molecule has 1 aromatic carbocycles. The molecule has 0 saturated heterocycles. The van der Waals surface area contributed by atoms with Crippen LogP contribution in [0.15, 0.2) is 12.1 Å². The number of rotatable bonds is 1. The molecular formula is C7H3Cl2N3O2. The van der Waals surface area contributed by atoms with E-state index in [1.54, 1.807) is 0 Å². The maximum atomic E-state index is 10.5. The number of hydrogen-bond donors (Lipinski definition) is 1. The number of nitrogens with one attached hydrogen (secondary N) is 1. The zero-order valence-corrected chi connectivity index (χ0v) is 8.13. The summed E-state index contributed by atoms with van der Waals surface area (Å²) < 4.78 is 0. The SMILES string of the molecule is O=[N+]([O-])c1cc2n[nH]c(Cl)c2cc1Cl. The summed E-state index contributed by atoms with van der Waals surface area (Å²) in [6.45, 7) is 0. The molecule has 1 aromatic heterocycles. The van der Waals surface area contributed by atoms with Crippen molar-refractivity contribution in [2.45, 2.75) is 0 Å². The van der Waals surface area contributed by atoms with Crippen LogP contribution in [-0.2, 0) is 0 Å². The molecule has 2 aromatic rings. The maximum Gasteiger partial charge on any atom is 0.290 e. The van der Waals surface area contributed by atoms with Crippen LogP contribution in [0, 0.1) is 10.1 Å². The molecule has 5 nitrogen and oxygen atoms in total. The maximum absolute atomic E-state index is 10.5. The highest BCUT2D eigenvalue weighted by molar-refractivity contribution is 6.36. The van der Waals surface area contributed by atoms with E-state index in [9.17, 15) is 10.1 Å². The second-order valence-electron chi connectivity index (χ2n) is 2.62. The molecule has 14 heavy (non-hydrogen) atoms. The number of fused-ring (bicyclic) bond motifs is 1. The fourth-order valence-electron chi connectivity index (χ4n) is 1.13. The van der Waals surface area contributed by atoms with E-state index in [0.29, 0.717) is 16.1 Å². The van der Waals surface area contributed by atoms with Gasteiger partial charge in [-0.3, -0.25) is 15.2 Å². The first-order valence-corrected chi connectivity index (χ1v) is 4.32. The minimum absolute atomic E-state index is 0.0470. The molecular weight excluding hydrogens is 229 g/mol. The summed E-state index contributed by atoms with van der Waals surface area (Å²) >= 11 is 11.4. The smallest absolute Gasteiger partial charge is 0.266 e. The Hall–Kier alpha value is -1.33. The minimum Gasteiger partial charge on any atom is -0.266 e. The summed E-state index contributed by atoms with van der Waals surface area (Å²) in [4.78, 5) is 9.96. The molecule has 0 radical (unpaired) electrons. The van der Waals surface area contributed by atoms with Crippen molar-refractivity contribution in [3.8, 4) is 0 Å². The summed E-state index contributed by atoms with van der Waals surface area (Å²) in [6.07, 6.45) is 0. The Labute approximate surface area is 87.8 Å². The Bertz CT molecular complexity index is 523. The lowest BCUT2D eigenvalue weighted by molar-refractivity contribution is -0.384. The number of nitro benzene ring substituents is 1. The zero-order chi connectivity index (χ0) is 10.3. The Morgan fingerprint density at radius 3 is 2.79 bits per heavy atom. The molecule has 0 atom stereocenters. The highest BCUT2D eigenvalue weighted by Crippen LogP contribution is 2.31. The van der Waals surface area contributed by atoms with Gasteiger partial charge in [0.1, 0.15) is 15.7 Å². The van der Waals surface area contributed by atoms with Gasteiger partial charge < -0.3 is 0 Å². The Kier molecular flexibility index (Phi) is 2.05. The van der Waals surface area contributed by atoms with E-state index < -0.39 is 4.92 Å². The van der Waals surface area contributed by atoms with Crippen molar-refractivity contribution in [3.05, 3.63) is 32.4 Å². The highest BCUT2D eigenvalue weighted by Gasteiger charge is 2.15. The average molecular weight is 232 g/mol. The van der Waals surface area contributed by atoms with Crippen LogP contribution in [0.1, 0.15) is 0 Å². The number of nitro groups is 1. The number of hydrogen-bond acceptors (Lipinski definition) is 3. The monoisotopic (exact) mass is 231 g/mol. The molecule has 0 bridgehead atoms. The first kappa shape index (κ1) is 9.23. The number of halogens is 2. The van der Waals surface area contributed by atoms with Gasteiger partial charge in [0.15, 0.2) is 0 Å². The lowest BCUT2D eigenvalue weighted by atomic mass is 10.2. The van der Waals surface area contributed by atoms with Crippen LogP contribution in [0.3, 0.4) is 0 Å². The van der Waals surface area contributed by atoms with Gasteiger partial charge in [0, 0.05) is 11.5 Å². The molecule has 72 valence electrons. The van der Waals surface area contributed by atoms with E-state index in [-0.39, 0.29) is 10.7 Å². The predicted octanol–water partition coefficient (Wildman–Crippen LogP) is 2.78. The van der Waals surface area contributed by atoms with Crippen molar-refractivity contribution >= 4 is 39.8 Å². The number of aromatic amines is 1. The third-order valence-electron chi connectivity index (χ3n) is 1.77. The molecule has 0 unspecified atom stereocenters. The van der Waals surface area contributed by atoms with E-state index >= 15 is 0 Å². The van der Waals surface area contributed by atoms with Crippen LogP contribution < -0.4 is 0 Å². The van der Waals surface area contributed by atoms with Crippen molar-refractivity contribution in [1.82, 2.24) is 10.2 Å². The quantitative estimate of drug-likeness (QED) is 0.606. The summed E-state index contributed by atoms with van der Waals surface area (Å²) in [7, 11) is 0. The third kappa shape index (κ3) is 1.30. The second-order valence-corrected chi connectivity index (χ2v) is 3.40. The Morgan fingerprint density at radius 2 is 2.14 bits per heavy atom. The first-order valence-electron chi connectivity index (χ1n) is 3.57. The lowest BCUT2D eigenvalue weighted by Crippen LogP contribution is -1.88. The van der Waals surface area contributed by atoms with Gasteiger partial charge in [-0.1, -0.05) is 23.2 Å². The number of H-pyrrole nitrogens is 1. The first-order chi connectivity index (χ1) is 6.59. The van der Waals surface area contributed by atoms with Gasteiger partial charge in [0.25, 0.3) is 5.69 Å². The fourth-order valence-corrected chi connectivity index (χ4v) is 1.55. The van der Waals surface area contributed by atoms with Crippen molar-refractivity contribution in [3.63, 3.8) is 0 Å². The number of aromatic nitrogens is 2. The normalized spacial score (nSPS) is 10.7.